The average molecular weight is 562 g/mol. The first-order chi connectivity index (χ1) is 20.1. The number of fused-ring (bicyclic) bond motifs is 2. The van der Waals surface area contributed by atoms with E-state index in [1.807, 2.05) is 42.5 Å². The number of hydrogen-bond acceptors (Lipinski definition) is 6. The molecule has 0 amide bonds. The van der Waals surface area contributed by atoms with Crippen LogP contribution in [-0.2, 0) is 0 Å². The minimum absolute atomic E-state index is 0.0168. The Bertz CT molecular complexity index is 1740. The van der Waals surface area contributed by atoms with Crippen LogP contribution in [0.1, 0.15) is 40.5 Å². The molecule has 0 saturated carbocycles. The lowest BCUT2D eigenvalue weighted by atomic mass is 9.80. The van der Waals surface area contributed by atoms with Crippen molar-refractivity contribution in [3.05, 3.63) is 90.3 Å². The number of piperidine rings is 1. The second kappa shape index (κ2) is 10.8. The van der Waals surface area contributed by atoms with Gasteiger partial charge in [0.1, 0.15) is 11.5 Å². The Kier molecular flexibility index (Phi) is 7.15. The van der Waals surface area contributed by atoms with Gasteiger partial charge in [-0.1, -0.05) is 12.1 Å². The van der Waals surface area contributed by atoms with E-state index >= 15 is 0 Å². The largest absolute Gasteiger partial charge is 0.497 e. The molecule has 0 unspecified atom stereocenters. The van der Waals surface area contributed by atoms with E-state index in [4.69, 9.17) is 19.5 Å². The predicted molar refractivity (Wildman–Crippen MR) is 170 cm³/mol. The van der Waals surface area contributed by atoms with Gasteiger partial charge in [-0.15, -0.1) is 0 Å². The maximum absolute atomic E-state index is 5.45. The molecule has 2 aliphatic heterocycles. The first kappa shape index (κ1) is 27.8. The molecule has 0 aromatic heterocycles. The van der Waals surface area contributed by atoms with Gasteiger partial charge in [0.05, 0.1) is 53.7 Å². The third-order valence-electron chi connectivity index (χ3n) is 7.89. The zero-order valence-electron chi connectivity index (χ0n) is 25.2. The van der Waals surface area contributed by atoms with Crippen molar-refractivity contribution in [1.29, 1.82) is 0 Å². The molecular formula is C35H39N5O2. The summed E-state index contributed by atoms with van der Waals surface area (Å²) < 4.78 is 13.1. The van der Waals surface area contributed by atoms with Crippen LogP contribution in [0.5, 0.6) is 11.5 Å². The van der Waals surface area contributed by atoms with Crippen molar-refractivity contribution in [3.63, 3.8) is 0 Å². The normalized spacial score (nSPS) is 17.0. The van der Waals surface area contributed by atoms with E-state index in [0.29, 0.717) is 0 Å². The molecule has 3 aromatic rings. The average Bonchev–Trinajstić information content (AvgIpc) is 2.95. The van der Waals surface area contributed by atoms with Crippen molar-refractivity contribution in [3.8, 4) is 28.6 Å². The van der Waals surface area contributed by atoms with E-state index < -0.39 is 0 Å². The molecule has 2 heterocycles. The van der Waals surface area contributed by atoms with Crippen LogP contribution in [0.4, 0.5) is 11.4 Å². The quantitative estimate of drug-likeness (QED) is 0.216. The predicted octanol–water partition coefficient (Wildman–Crippen LogP) is 7.10. The van der Waals surface area contributed by atoms with Gasteiger partial charge in [0, 0.05) is 22.5 Å². The number of para-hydroxylation sites is 2. The van der Waals surface area contributed by atoms with Crippen LogP contribution in [-0.4, -0.2) is 40.9 Å². The molecular weight excluding hydrogens is 522 g/mol. The molecule has 6 rings (SSSR count). The topological polar surface area (TPSA) is 72.7 Å². The molecule has 2 N–H and O–H groups in total. The molecule has 7 nitrogen and oxygen atoms in total. The standard InChI is InChI=1S/C35H39N5O2/c1-34(2)21-24(22-35(3,4)39-34)37-30-20-33-31(19-29(30)36-23-11-15-26(41-5)16-12-23)38-28-9-7-8-10-32(28)40(33)25-13-17-27(42-6)18-14-25/h7-20,24,36,39H,21-22H2,1-6H3. The van der Waals surface area contributed by atoms with E-state index in [2.05, 4.69) is 85.4 Å². The highest BCUT2D eigenvalue weighted by Crippen LogP contribution is 2.33. The van der Waals surface area contributed by atoms with Crippen LogP contribution in [0.2, 0.25) is 0 Å². The van der Waals surface area contributed by atoms with Crippen molar-refractivity contribution in [2.24, 2.45) is 4.99 Å². The molecule has 0 spiro atoms. The lowest BCUT2D eigenvalue weighted by molar-refractivity contribution is 0.163. The van der Waals surface area contributed by atoms with Gasteiger partial charge in [-0.3, -0.25) is 4.99 Å². The van der Waals surface area contributed by atoms with Crippen LogP contribution in [0, 0.1) is 0 Å². The number of rotatable bonds is 6. The molecule has 0 atom stereocenters. The summed E-state index contributed by atoms with van der Waals surface area (Å²) in [7, 11) is 3.37. The fraction of sp³-hybridized carbons (Fsp3) is 0.314. The van der Waals surface area contributed by atoms with Crippen molar-refractivity contribution < 1.29 is 9.47 Å². The van der Waals surface area contributed by atoms with Crippen LogP contribution in [0.25, 0.3) is 28.1 Å². The maximum Gasteiger partial charge on any atom is 0.119 e. The fourth-order valence-corrected chi connectivity index (χ4v) is 6.44. The Morgan fingerprint density at radius 3 is 2.10 bits per heavy atom. The lowest BCUT2D eigenvalue weighted by Crippen LogP contribution is -2.59. The number of benzene rings is 4. The highest BCUT2D eigenvalue weighted by atomic mass is 16.5. The third-order valence-corrected chi connectivity index (χ3v) is 7.89. The van der Waals surface area contributed by atoms with E-state index in [1.165, 1.54) is 0 Å². The highest BCUT2D eigenvalue weighted by molar-refractivity contribution is 5.84. The minimum atomic E-state index is -0.0168. The SMILES string of the molecule is COc1ccc(Nc2cc3nc4ccccc4n(-c4ccc(OC)cc4)c-3cc2=NC2CC(C)(C)NC(C)(C)C2)cc1. The van der Waals surface area contributed by atoms with Gasteiger partial charge in [-0.25, -0.2) is 4.98 Å². The second-order valence-corrected chi connectivity index (χ2v) is 12.4. The smallest absolute Gasteiger partial charge is 0.119 e. The number of nitrogens with one attached hydrogen (secondary N) is 2. The van der Waals surface area contributed by atoms with Crippen molar-refractivity contribution in [2.45, 2.75) is 57.7 Å². The Labute approximate surface area is 247 Å². The first-order valence-electron chi connectivity index (χ1n) is 14.5. The first-order valence-corrected chi connectivity index (χ1v) is 14.5. The molecule has 0 bridgehead atoms. The Balaban J connectivity index is 1.59. The van der Waals surface area contributed by atoms with Crippen molar-refractivity contribution >= 4 is 22.4 Å². The van der Waals surface area contributed by atoms with E-state index in [1.54, 1.807) is 14.2 Å². The maximum atomic E-state index is 5.45. The molecule has 1 saturated heterocycles. The van der Waals surface area contributed by atoms with E-state index in [9.17, 15) is 0 Å². The molecule has 216 valence electrons. The van der Waals surface area contributed by atoms with Gasteiger partial charge in [-0.2, -0.15) is 0 Å². The molecule has 42 heavy (non-hydrogen) atoms. The molecule has 3 aromatic carbocycles. The van der Waals surface area contributed by atoms with Crippen LogP contribution in [0.3, 0.4) is 0 Å². The number of hydrogen-bond donors (Lipinski definition) is 2. The fourth-order valence-electron chi connectivity index (χ4n) is 6.44. The number of methoxy groups -OCH3 is 2. The zero-order chi connectivity index (χ0) is 29.5. The number of ether oxygens (including phenoxy) is 2. The lowest BCUT2D eigenvalue weighted by Gasteiger charge is -2.45. The van der Waals surface area contributed by atoms with Crippen molar-refractivity contribution in [1.82, 2.24) is 14.9 Å². The summed E-state index contributed by atoms with van der Waals surface area (Å²) in [6.07, 6.45) is 1.90. The van der Waals surface area contributed by atoms with Gasteiger partial charge in [0.2, 0.25) is 0 Å². The summed E-state index contributed by atoms with van der Waals surface area (Å²) in [5, 5.41) is 8.34. The summed E-state index contributed by atoms with van der Waals surface area (Å²) in [6.45, 7) is 9.06. The Morgan fingerprint density at radius 2 is 1.45 bits per heavy atom. The molecule has 1 aliphatic carbocycles. The van der Waals surface area contributed by atoms with Crippen molar-refractivity contribution in [2.75, 3.05) is 19.5 Å². The molecule has 7 heteroatoms. The van der Waals surface area contributed by atoms with Gasteiger partial charge < -0.3 is 24.7 Å². The summed E-state index contributed by atoms with van der Waals surface area (Å²) in [4.78, 5) is 10.5. The Morgan fingerprint density at radius 1 is 0.833 bits per heavy atom. The van der Waals surface area contributed by atoms with Crippen LogP contribution >= 0.6 is 0 Å². The monoisotopic (exact) mass is 561 g/mol. The second-order valence-electron chi connectivity index (χ2n) is 12.4. The summed E-state index contributed by atoms with van der Waals surface area (Å²) in [5.41, 5.74) is 6.70. The highest BCUT2D eigenvalue weighted by Gasteiger charge is 2.37. The summed E-state index contributed by atoms with van der Waals surface area (Å²) in [5.74, 6) is 1.64. The summed E-state index contributed by atoms with van der Waals surface area (Å²) >= 11 is 0. The molecule has 1 fully saturated rings. The van der Waals surface area contributed by atoms with Gasteiger partial charge >= 0.3 is 0 Å². The van der Waals surface area contributed by atoms with Crippen LogP contribution in [0.15, 0.2) is 89.9 Å². The van der Waals surface area contributed by atoms with Gasteiger partial charge in [0.15, 0.2) is 0 Å². The minimum Gasteiger partial charge on any atom is -0.497 e. The van der Waals surface area contributed by atoms with Gasteiger partial charge in [-0.05, 0) is 113 Å². The third kappa shape index (κ3) is 5.70. The van der Waals surface area contributed by atoms with E-state index in [0.717, 1.165) is 69.2 Å². The number of aromatic nitrogens is 2. The summed E-state index contributed by atoms with van der Waals surface area (Å²) in [6, 6.07) is 28.9. The van der Waals surface area contributed by atoms with E-state index in [-0.39, 0.29) is 17.1 Å². The van der Waals surface area contributed by atoms with Crippen LogP contribution < -0.4 is 25.5 Å². The van der Waals surface area contributed by atoms with Gasteiger partial charge in [0.25, 0.3) is 0 Å². The number of nitrogens with zero attached hydrogens (tertiary/aromatic N) is 3. The zero-order valence-corrected chi connectivity index (χ0v) is 25.2. The molecule has 3 aliphatic rings. The Hall–Kier alpha value is -4.36. The number of anilines is 2. The molecule has 0 radical (unpaired) electrons.